The van der Waals surface area contributed by atoms with E-state index in [0.717, 1.165) is 4.90 Å². The molecule has 0 N–H and O–H groups in total. The first-order valence-electron chi connectivity index (χ1n) is 13.9. The molecule has 1 aromatic carbocycles. The summed E-state index contributed by atoms with van der Waals surface area (Å²) in [5.41, 5.74) is -0.468. The summed E-state index contributed by atoms with van der Waals surface area (Å²) < 4.78 is 115. The van der Waals surface area contributed by atoms with E-state index in [1.807, 2.05) is 0 Å². The third kappa shape index (κ3) is 3.09. The van der Waals surface area contributed by atoms with Crippen molar-refractivity contribution in [3.05, 3.63) is 23.2 Å². The third-order valence-corrected chi connectivity index (χ3v) is 3.87. The lowest BCUT2D eigenvalue weighted by molar-refractivity contribution is -0.129. The summed E-state index contributed by atoms with van der Waals surface area (Å²) in [6.45, 7) is 0.405. The quantitative estimate of drug-likeness (QED) is 0.849. The van der Waals surface area contributed by atoms with Crippen LogP contribution in [0.15, 0.2) is 12.1 Å². The molecule has 0 bridgehead atoms. The molecule has 2 atom stereocenters. The number of methoxy groups -OCH3 is 2. The normalized spacial score (nSPS) is 41.3. The molecule has 23 heavy (non-hydrogen) atoms. The van der Waals surface area contributed by atoms with Gasteiger partial charge in [-0.25, -0.2) is 0 Å². The van der Waals surface area contributed by atoms with Crippen molar-refractivity contribution < 1.29 is 32.1 Å². The fourth-order valence-corrected chi connectivity index (χ4v) is 2.86. The van der Waals surface area contributed by atoms with E-state index >= 15 is 0 Å². The van der Waals surface area contributed by atoms with Crippen LogP contribution in [0.2, 0.25) is 0 Å². The first-order chi connectivity index (χ1) is 16.1. The summed E-state index contributed by atoms with van der Waals surface area (Å²) in [6, 6.07) is -3.30. The summed E-state index contributed by atoms with van der Waals surface area (Å²) in [5.74, 6) is -5.94. The van der Waals surface area contributed by atoms with E-state index < -0.39 is 68.2 Å². The van der Waals surface area contributed by atoms with Gasteiger partial charge in [-0.15, -0.1) is 0 Å². The molecule has 1 fully saturated rings. The standard InChI is InChI=1S/C19H27NO3/c1-12(2)7-14-11-20-6-5-13-8-18(22-3)19(23-4)9-15(13)16(20)10-17(14)21/h8-9,12,14,16H,5-7,10-11H2,1-4H3/i3D3,4D3,8D,9D,10D2,11D2,14D. The zero-order chi connectivity index (χ0) is 27.8. The molecule has 1 saturated heterocycles. The van der Waals surface area contributed by atoms with Gasteiger partial charge >= 0.3 is 0 Å². The maximum atomic E-state index is 13.4. The maximum absolute atomic E-state index is 13.4. The molecule has 4 heteroatoms. The Bertz CT molecular complexity index is 1070. The number of hydrogen-bond donors (Lipinski definition) is 0. The zero-order valence-electron chi connectivity index (χ0n) is 25.9. The average molecular weight is 331 g/mol. The fraction of sp³-hybridized carbons (Fsp3) is 0.632. The number of rotatable bonds is 4. The maximum Gasteiger partial charge on any atom is 0.161 e. The minimum absolute atomic E-state index is 0.0905. The van der Waals surface area contributed by atoms with Crippen LogP contribution in [-0.2, 0) is 11.2 Å². The van der Waals surface area contributed by atoms with Crippen LogP contribution in [0.3, 0.4) is 0 Å². The van der Waals surface area contributed by atoms with Crippen LogP contribution in [0.25, 0.3) is 0 Å². The summed E-state index contributed by atoms with van der Waals surface area (Å²) in [5, 5.41) is 0. The Hall–Kier alpha value is -1.55. The second-order valence-corrected chi connectivity index (χ2v) is 6.01. The lowest BCUT2D eigenvalue weighted by atomic mass is 9.80. The minimum Gasteiger partial charge on any atom is -0.493 e. The van der Waals surface area contributed by atoms with Gasteiger partial charge in [-0.05, 0) is 42.0 Å². The minimum atomic E-state index is -3.21. The molecule has 2 unspecified atom stereocenters. The number of nitrogens with zero attached hydrogens (tertiary/aromatic N) is 1. The molecule has 2 aliphatic rings. The van der Waals surface area contributed by atoms with Crippen LogP contribution in [0, 0.1) is 11.8 Å². The number of ether oxygens (including phenoxy) is 2. The van der Waals surface area contributed by atoms with Gasteiger partial charge in [0.25, 0.3) is 0 Å². The van der Waals surface area contributed by atoms with Gasteiger partial charge in [-0.3, -0.25) is 9.69 Å². The van der Waals surface area contributed by atoms with E-state index in [1.165, 1.54) is 0 Å². The number of carbonyl (C=O) groups is 1. The summed E-state index contributed by atoms with van der Waals surface area (Å²) in [7, 11) is -6.35. The van der Waals surface area contributed by atoms with E-state index in [9.17, 15) is 4.79 Å². The fourth-order valence-electron chi connectivity index (χ4n) is 2.86. The topological polar surface area (TPSA) is 38.8 Å². The van der Waals surface area contributed by atoms with Crippen LogP contribution in [0.5, 0.6) is 11.5 Å². The van der Waals surface area contributed by atoms with E-state index in [-0.39, 0.29) is 36.4 Å². The van der Waals surface area contributed by atoms with Gasteiger partial charge < -0.3 is 9.47 Å². The molecular formula is C19H27NO3. The summed E-state index contributed by atoms with van der Waals surface area (Å²) in [4.78, 5) is 14.4. The predicted molar refractivity (Wildman–Crippen MR) is 90.1 cm³/mol. The third-order valence-electron chi connectivity index (χ3n) is 3.87. The number of fused-ring (bicyclic) bond motifs is 3. The molecule has 3 rings (SSSR count). The van der Waals surface area contributed by atoms with E-state index in [0.29, 0.717) is 0 Å². The number of piperidine rings is 1. The Morgan fingerprint density at radius 3 is 2.87 bits per heavy atom. The van der Waals surface area contributed by atoms with Gasteiger partial charge in [0.1, 0.15) is 5.78 Å². The lowest BCUT2D eigenvalue weighted by Crippen LogP contribution is -2.46. The molecule has 0 aliphatic carbocycles. The van der Waals surface area contributed by atoms with E-state index in [2.05, 4.69) is 0 Å². The van der Waals surface area contributed by atoms with Crippen molar-refractivity contribution in [3.8, 4) is 11.5 Å². The second-order valence-electron chi connectivity index (χ2n) is 6.01. The largest absolute Gasteiger partial charge is 0.493 e. The lowest BCUT2D eigenvalue weighted by Gasteiger charge is -2.43. The Morgan fingerprint density at radius 2 is 2.17 bits per heavy atom. The van der Waals surface area contributed by atoms with E-state index in [1.54, 1.807) is 13.8 Å². The smallest absolute Gasteiger partial charge is 0.161 e. The molecule has 0 spiro atoms. The zero-order valence-corrected chi connectivity index (χ0v) is 12.9. The average Bonchev–Trinajstić information content (AvgIpc) is 2.69. The number of ketones is 1. The molecule has 4 nitrogen and oxygen atoms in total. The monoisotopic (exact) mass is 330 g/mol. The first kappa shape index (κ1) is 6.75. The molecule has 1 aromatic rings. The van der Waals surface area contributed by atoms with Crippen molar-refractivity contribution in [2.75, 3.05) is 27.1 Å². The number of Topliss-reactive ketones (excluding diaryl/α,β-unsaturated/α-hetero) is 1. The van der Waals surface area contributed by atoms with Gasteiger partial charge in [0.2, 0.25) is 0 Å². The molecule has 2 aliphatic heterocycles. The van der Waals surface area contributed by atoms with Crippen LogP contribution in [0.4, 0.5) is 0 Å². The van der Waals surface area contributed by atoms with Gasteiger partial charge in [0.15, 0.2) is 11.5 Å². The molecule has 2 heterocycles. The Morgan fingerprint density at radius 1 is 1.43 bits per heavy atom. The SMILES string of the molecule is [2H]c1c2c(c([2H])c(OC([2H])([2H])[2H])c1OC([2H])([2H])[2H])C1N(CC2)C([2H])([2H])C([2H])(CC(C)C)C(=O)C1([2H])[2H]. The molecule has 0 saturated carbocycles. The summed E-state index contributed by atoms with van der Waals surface area (Å²) >= 11 is 0. The van der Waals surface area contributed by atoms with Crippen LogP contribution < -0.4 is 9.47 Å². The van der Waals surface area contributed by atoms with Gasteiger partial charge in [0, 0.05) is 38.2 Å². The van der Waals surface area contributed by atoms with E-state index in [4.69, 9.17) is 27.3 Å². The highest BCUT2D eigenvalue weighted by Crippen LogP contribution is 2.42. The van der Waals surface area contributed by atoms with Crippen molar-refractivity contribution in [2.45, 2.75) is 39.1 Å². The molecule has 0 radical (unpaired) electrons. The number of carbonyl (C=O) groups excluding carboxylic acids is 1. The second kappa shape index (κ2) is 6.52. The summed E-state index contributed by atoms with van der Waals surface area (Å²) in [6.07, 6.45) is -3.36. The molecule has 0 aromatic heterocycles. The molecular weight excluding hydrogens is 290 g/mol. The van der Waals surface area contributed by atoms with Crippen molar-refractivity contribution in [1.82, 2.24) is 4.90 Å². The van der Waals surface area contributed by atoms with Gasteiger partial charge in [-0.1, -0.05) is 13.8 Å². The number of benzene rings is 1. The Labute approximate surface area is 157 Å². The van der Waals surface area contributed by atoms with Crippen molar-refractivity contribution >= 4 is 5.78 Å². The predicted octanol–water partition coefficient (Wildman–Crippen LogP) is 3.24. The highest BCUT2D eigenvalue weighted by molar-refractivity contribution is 5.83. The van der Waals surface area contributed by atoms with Crippen molar-refractivity contribution in [3.63, 3.8) is 0 Å². The van der Waals surface area contributed by atoms with Gasteiger partial charge in [0.05, 0.1) is 25.0 Å². The molecule has 0 amide bonds. The van der Waals surface area contributed by atoms with Crippen molar-refractivity contribution in [1.29, 1.82) is 0 Å². The van der Waals surface area contributed by atoms with Crippen LogP contribution in [-0.4, -0.2) is 37.8 Å². The number of hydrogen-bond acceptors (Lipinski definition) is 4. The first-order valence-corrected chi connectivity index (χ1v) is 7.42. The Balaban J connectivity index is 2.34. The van der Waals surface area contributed by atoms with Gasteiger partial charge in [-0.2, -0.15) is 0 Å². The Kier molecular flexibility index (Phi) is 1.91. The van der Waals surface area contributed by atoms with Crippen LogP contribution >= 0.6 is 0 Å². The van der Waals surface area contributed by atoms with Crippen LogP contribution in [0.1, 0.15) is 61.6 Å². The highest BCUT2D eigenvalue weighted by Gasteiger charge is 2.38. The van der Waals surface area contributed by atoms with Crippen molar-refractivity contribution in [2.24, 2.45) is 11.8 Å². The highest BCUT2D eigenvalue weighted by atomic mass is 16.5. The molecule has 126 valence electrons.